The first kappa shape index (κ1) is 21.8. The first-order chi connectivity index (χ1) is 13.2. The molecule has 0 aromatic carbocycles. The Morgan fingerprint density at radius 1 is 1.07 bits per heavy atom. The van der Waals surface area contributed by atoms with Gasteiger partial charge in [-0.05, 0) is 12.3 Å². The quantitative estimate of drug-likeness (QED) is 0.460. The molecule has 156 valence electrons. The van der Waals surface area contributed by atoms with E-state index in [0.717, 1.165) is 12.1 Å². The Kier molecular flexibility index (Phi) is 7.50. The number of rotatable bonds is 8. The highest BCUT2D eigenvalue weighted by atomic mass is 16.6. The van der Waals surface area contributed by atoms with Crippen LogP contribution in [-0.2, 0) is 46.3 Å². The summed E-state index contributed by atoms with van der Waals surface area (Å²) in [6.07, 6.45) is -0.592. The van der Waals surface area contributed by atoms with E-state index in [-0.39, 0.29) is 13.2 Å². The number of hydrogen-bond acceptors (Lipinski definition) is 9. The largest absolute Gasteiger partial charge is 0.463 e. The van der Waals surface area contributed by atoms with E-state index in [2.05, 4.69) is 24.2 Å². The standard InChI is InChI=1S/C18H27N3O7/c1-10(2)6-14-7-21(20-19-14)8-15-17(26-12(4)23)18(27-13(5)24)16(28-15)9-25-11(3)22/h7,10,15-18H,6,8-9H2,1-5H3/t15-,16+,17+,18+/m0/s1. The van der Waals surface area contributed by atoms with Gasteiger partial charge in [-0.2, -0.15) is 0 Å². The smallest absolute Gasteiger partial charge is 0.303 e. The summed E-state index contributed by atoms with van der Waals surface area (Å²) in [5, 5.41) is 8.21. The second kappa shape index (κ2) is 9.63. The summed E-state index contributed by atoms with van der Waals surface area (Å²) in [7, 11) is 0. The summed E-state index contributed by atoms with van der Waals surface area (Å²) < 4.78 is 23.2. The highest BCUT2D eigenvalue weighted by molar-refractivity contribution is 5.68. The number of ether oxygens (including phenoxy) is 4. The molecule has 0 amide bonds. The van der Waals surface area contributed by atoms with Gasteiger partial charge in [-0.3, -0.25) is 14.4 Å². The second-order valence-corrected chi connectivity index (χ2v) is 7.19. The van der Waals surface area contributed by atoms with Crippen LogP contribution >= 0.6 is 0 Å². The molecule has 1 fully saturated rings. The summed E-state index contributed by atoms with van der Waals surface area (Å²) in [4.78, 5) is 34.3. The van der Waals surface area contributed by atoms with Gasteiger partial charge in [0.1, 0.15) is 18.8 Å². The number of nitrogens with zero attached hydrogens (tertiary/aromatic N) is 3. The van der Waals surface area contributed by atoms with Gasteiger partial charge in [0, 0.05) is 27.0 Å². The molecule has 4 atom stereocenters. The van der Waals surface area contributed by atoms with Crippen LogP contribution in [0.4, 0.5) is 0 Å². The molecule has 10 nitrogen and oxygen atoms in total. The third-order valence-corrected chi connectivity index (χ3v) is 4.03. The van der Waals surface area contributed by atoms with Gasteiger partial charge in [0.05, 0.1) is 12.2 Å². The number of carbonyl (C=O) groups excluding carboxylic acids is 3. The Bertz CT molecular complexity index is 703. The summed E-state index contributed by atoms with van der Waals surface area (Å²) in [6.45, 7) is 8.05. The first-order valence-electron chi connectivity index (χ1n) is 9.18. The zero-order chi connectivity index (χ0) is 20.8. The third-order valence-electron chi connectivity index (χ3n) is 4.03. The molecule has 1 aliphatic rings. The SMILES string of the molecule is CC(=O)OC[C@H]1O[C@@H](Cn2cc(CC(C)C)nn2)[C@@H](OC(C)=O)[C@@H]1OC(C)=O. The highest BCUT2D eigenvalue weighted by Gasteiger charge is 2.49. The fourth-order valence-corrected chi connectivity index (χ4v) is 3.08. The Labute approximate surface area is 163 Å². The van der Waals surface area contributed by atoms with E-state index in [0.29, 0.717) is 5.92 Å². The molecule has 0 aliphatic carbocycles. The maximum absolute atomic E-state index is 11.6. The Hall–Kier alpha value is -2.49. The molecule has 1 aromatic heterocycles. The molecule has 28 heavy (non-hydrogen) atoms. The number of hydrogen-bond donors (Lipinski definition) is 0. The van der Waals surface area contributed by atoms with Gasteiger partial charge < -0.3 is 18.9 Å². The third kappa shape index (κ3) is 6.29. The molecule has 0 saturated carbocycles. The van der Waals surface area contributed by atoms with Gasteiger partial charge in [-0.15, -0.1) is 5.10 Å². The lowest BCUT2D eigenvalue weighted by Crippen LogP contribution is -2.42. The van der Waals surface area contributed by atoms with E-state index in [1.807, 2.05) is 0 Å². The van der Waals surface area contributed by atoms with E-state index >= 15 is 0 Å². The number of carbonyl (C=O) groups is 3. The summed E-state index contributed by atoms with van der Waals surface area (Å²) in [5.74, 6) is -1.16. The van der Waals surface area contributed by atoms with Gasteiger partial charge in [0.2, 0.25) is 0 Å². The summed E-state index contributed by atoms with van der Waals surface area (Å²) in [5.41, 5.74) is 0.838. The maximum Gasteiger partial charge on any atom is 0.303 e. The lowest BCUT2D eigenvalue weighted by molar-refractivity contribution is -0.165. The van der Waals surface area contributed by atoms with Crippen molar-refractivity contribution in [3.63, 3.8) is 0 Å². The van der Waals surface area contributed by atoms with Crippen LogP contribution in [0.2, 0.25) is 0 Å². The van der Waals surface area contributed by atoms with E-state index in [1.54, 1.807) is 10.9 Å². The van der Waals surface area contributed by atoms with Crippen LogP contribution in [0.1, 0.15) is 40.3 Å². The van der Waals surface area contributed by atoms with Crippen molar-refractivity contribution in [3.8, 4) is 0 Å². The molecule has 1 aromatic rings. The zero-order valence-corrected chi connectivity index (χ0v) is 16.8. The van der Waals surface area contributed by atoms with Crippen molar-refractivity contribution < 1.29 is 33.3 Å². The highest BCUT2D eigenvalue weighted by Crippen LogP contribution is 2.28. The Morgan fingerprint density at radius 3 is 2.21 bits per heavy atom. The second-order valence-electron chi connectivity index (χ2n) is 7.19. The van der Waals surface area contributed by atoms with Crippen molar-refractivity contribution in [2.45, 2.75) is 72.0 Å². The van der Waals surface area contributed by atoms with Crippen molar-refractivity contribution in [1.29, 1.82) is 0 Å². The van der Waals surface area contributed by atoms with Gasteiger partial charge >= 0.3 is 17.9 Å². The minimum absolute atomic E-state index is 0.127. The van der Waals surface area contributed by atoms with Crippen molar-refractivity contribution >= 4 is 17.9 Å². The predicted molar refractivity (Wildman–Crippen MR) is 95.0 cm³/mol. The topological polar surface area (TPSA) is 119 Å². The molecular formula is C18H27N3O7. The van der Waals surface area contributed by atoms with Crippen molar-refractivity contribution in [2.75, 3.05) is 6.61 Å². The normalized spacial score (nSPS) is 24.2. The van der Waals surface area contributed by atoms with Gasteiger partial charge in [-0.25, -0.2) is 4.68 Å². The van der Waals surface area contributed by atoms with Gasteiger partial charge in [0.15, 0.2) is 12.2 Å². The van der Waals surface area contributed by atoms with Crippen molar-refractivity contribution in [3.05, 3.63) is 11.9 Å². The first-order valence-corrected chi connectivity index (χ1v) is 9.18. The Morgan fingerprint density at radius 2 is 1.68 bits per heavy atom. The average molecular weight is 397 g/mol. The number of aromatic nitrogens is 3. The molecule has 10 heteroatoms. The van der Waals surface area contributed by atoms with Crippen LogP contribution in [0, 0.1) is 5.92 Å². The van der Waals surface area contributed by atoms with Crippen LogP contribution in [0.3, 0.4) is 0 Å². The average Bonchev–Trinajstić information content (AvgIpc) is 3.11. The van der Waals surface area contributed by atoms with Crippen LogP contribution in [-0.4, -0.2) is 63.9 Å². The molecular weight excluding hydrogens is 370 g/mol. The monoisotopic (exact) mass is 397 g/mol. The predicted octanol–water partition coefficient (Wildman–Crippen LogP) is 0.671. The van der Waals surface area contributed by atoms with Crippen molar-refractivity contribution in [2.24, 2.45) is 5.92 Å². The van der Waals surface area contributed by atoms with Crippen LogP contribution < -0.4 is 0 Å². The minimum atomic E-state index is -0.899. The maximum atomic E-state index is 11.6. The van der Waals surface area contributed by atoms with Crippen molar-refractivity contribution in [1.82, 2.24) is 15.0 Å². The summed E-state index contributed by atoms with van der Waals surface area (Å²) in [6, 6.07) is 0. The molecule has 0 N–H and O–H groups in total. The van der Waals surface area contributed by atoms with E-state index < -0.39 is 42.3 Å². The van der Waals surface area contributed by atoms with E-state index in [4.69, 9.17) is 18.9 Å². The zero-order valence-electron chi connectivity index (χ0n) is 16.8. The minimum Gasteiger partial charge on any atom is -0.463 e. The van der Waals surface area contributed by atoms with Crippen LogP contribution in [0.15, 0.2) is 6.20 Å². The Balaban J connectivity index is 2.18. The fraction of sp³-hybridized carbons (Fsp3) is 0.722. The van der Waals surface area contributed by atoms with Gasteiger partial charge in [0.25, 0.3) is 0 Å². The molecule has 1 aliphatic heterocycles. The molecule has 0 spiro atoms. The number of esters is 3. The molecule has 2 rings (SSSR count). The lowest BCUT2D eigenvalue weighted by atomic mass is 10.1. The van der Waals surface area contributed by atoms with Crippen LogP contribution in [0.5, 0.6) is 0 Å². The molecule has 0 bridgehead atoms. The lowest BCUT2D eigenvalue weighted by Gasteiger charge is -2.23. The van der Waals surface area contributed by atoms with E-state index in [1.165, 1.54) is 20.8 Å². The molecule has 0 unspecified atom stereocenters. The molecule has 1 saturated heterocycles. The molecule has 2 heterocycles. The summed E-state index contributed by atoms with van der Waals surface area (Å²) >= 11 is 0. The fourth-order valence-electron chi connectivity index (χ4n) is 3.08. The van der Waals surface area contributed by atoms with E-state index in [9.17, 15) is 14.4 Å². The molecule has 0 radical (unpaired) electrons. The van der Waals surface area contributed by atoms with Gasteiger partial charge in [-0.1, -0.05) is 19.1 Å². The van der Waals surface area contributed by atoms with Crippen LogP contribution in [0.25, 0.3) is 0 Å².